The summed E-state index contributed by atoms with van der Waals surface area (Å²) in [7, 11) is 1.71. The van der Waals surface area contributed by atoms with E-state index >= 15 is 0 Å². The molecule has 14 nitrogen and oxygen atoms in total. The molecule has 2 aromatic carbocycles. The number of halogens is 1. The normalized spacial score (nSPS) is 23.3. The monoisotopic (exact) mass is 721 g/mol. The molecule has 3 unspecified atom stereocenters. The van der Waals surface area contributed by atoms with Crippen LogP contribution in [-0.4, -0.2) is 101 Å². The maximum atomic E-state index is 12.7. The van der Waals surface area contributed by atoms with E-state index in [4.69, 9.17) is 44.8 Å². The minimum Gasteiger partial charge on any atom is -0.490 e. The number of piperidine rings is 1. The number of rotatable bonds is 18. The lowest BCUT2D eigenvalue weighted by atomic mass is 9.94. The molecule has 1 aliphatic carbocycles. The number of benzene rings is 2. The molecule has 1 saturated carbocycles. The predicted molar refractivity (Wildman–Crippen MR) is 183 cm³/mol. The number of carbonyl (C=O) groups excluding carboxylic acids is 1. The third-order valence-electron chi connectivity index (χ3n) is 8.94. The zero-order valence-electron chi connectivity index (χ0n) is 28.5. The third kappa shape index (κ3) is 11.8. The number of fused-ring (bicyclic) bond motifs is 1. The lowest BCUT2D eigenvalue weighted by Gasteiger charge is -2.40. The lowest BCUT2D eigenvalue weighted by molar-refractivity contribution is -0.757. The molecule has 1 N–H and O–H groups in total. The Labute approximate surface area is 297 Å². The molecule has 2 fully saturated rings. The Morgan fingerprint density at radius 2 is 1.76 bits per heavy atom. The fourth-order valence-corrected chi connectivity index (χ4v) is 6.52. The van der Waals surface area contributed by atoms with Crippen LogP contribution in [0.5, 0.6) is 11.5 Å². The van der Waals surface area contributed by atoms with Crippen LogP contribution in [0.3, 0.4) is 0 Å². The molecule has 0 bridgehead atoms. The first-order valence-electron chi connectivity index (χ1n) is 17.4. The first-order chi connectivity index (χ1) is 24.4. The van der Waals surface area contributed by atoms with Crippen molar-refractivity contribution in [1.82, 2.24) is 5.32 Å². The number of methoxy groups -OCH3 is 1. The number of nitrogens with zero attached hydrogens (tertiary/aromatic N) is 2. The minimum absolute atomic E-state index is 0.0493. The highest BCUT2D eigenvalue weighted by molar-refractivity contribution is 6.30. The van der Waals surface area contributed by atoms with Gasteiger partial charge in [0.15, 0.2) is 0 Å². The second kappa shape index (κ2) is 19.7. The van der Waals surface area contributed by atoms with Crippen molar-refractivity contribution in [3.8, 4) is 11.5 Å². The Balaban J connectivity index is 1.19. The summed E-state index contributed by atoms with van der Waals surface area (Å²) in [6.07, 6.45) is 2.43. The number of carbonyl (C=O) groups is 1. The van der Waals surface area contributed by atoms with Crippen molar-refractivity contribution >= 4 is 23.4 Å². The van der Waals surface area contributed by atoms with Gasteiger partial charge in [-0.15, -0.1) is 10.1 Å². The van der Waals surface area contributed by atoms with Gasteiger partial charge in [-0.25, -0.2) is 4.79 Å². The van der Waals surface area contributed by atoms with Gasteiger partial charge in [0.2, 0.25) is 0 Å². The lowest BCUT2D eigenvalue weighted by Crippen LogP contribution is -2.58. The highest BCUT2D eigenvalue weighted by atomic mass is 35.5. The van der Waals surface area contributed by atoms with Crippen LogP contribution in [0.1, 0.15) is 50.5 Å². The van der Waals surface area contributed by atoms with E-state index in [0.29, 0.717) is 50.8 Å². The number of ether oxygens (including phenoxy) is 7. The summed E-state index contributed by atoms with van der Waals surface area (Å²) >= 11 is 6.02. The van der Waals surface area contributed by atoms with Crippen molar-refractivity contribution in [3.63, 3.8) is 0 Å². The molecule has 2 aliphatic heterocycles. The molecule has 2 aromatic rings. The van der Waals surface area contributed by atoms with Gasteiger partial charge in [-0.05, 0) is 86.9 Å². The molecule has 276 valence electrons. The van der Waals surface area contributed by atoms with Crippen molar-refractivity contribution in [2.24, 2.45) is 0 Å². The SMILES string of the molecule is COCCCN1CCOc2ccc(COC3CNCC(OC(=O)OCCCCO[N+](=O)[O-])C3OC3CCC(Oc4ccc(Cl)cc4)CC3)cc21. The number of anilines is 1. The van der Waals surface area contributed by atoms with Crippen LogP contribution >= 0.6 is 11.6 Å². The van der Waals surface area contributed by atoms with E-state index in [2.05, 4.69) is 21.1 Å². The minimum atomic E-state index is -0.845. The van der Waals surface area contributed by atoms with Gasteiger partial charge in [-0.2, -0.15) is 0 Å². The molecule has 50 heavy (non-hydrogen) atoms. The van der Waals surface area contributed by atoms with E-state index in [1.54, 1.807) is 7.11 Å². The average molecular weight is 722 g/mol. The first-order valence-corrected chi connectivity index (χ1v) is 17.8. The van der Waals surface area contributed by atoms with Gasteiger partial charge in [-0.3, -0.25) is 0 Å². The van der Waals surface area contributed by atoms with Crippen LogP contribution in [0.25, 0.3) is 0 Å². The second-order valence-corrected chi connectivity index (χ2v) is 13.0. The zero-order chi connectivity index (χ0) is 35.1. The van der Waals surface area contributed by atoms with Crippen LogP contribution in [0.4, 0.5) is 10.5 Å². The Bertz CT molecular complexity index is 1350. The molecule has 2 heterocycles. The fourth-order valence-electron chi connectivity index (χ4n) is 6.39. The smallest absolute Gasteiger partial charge is 0.490 e. The van der Waals surface area contributed by atoms with E-state index in [0.717, 1.165) is 67.9 Å². The molecular formula is C35H48ClN3O11. The summed E-state index contributed by atoms with van der Waals surface area (Å²) in [4.78, 5) is 29.7. The van der Waals surface area contributed by atoms with E-state index in [9.17, 15) is 14.9 Å². The predicted octanol–water partition coefficient (Wildman–Crippen LogP) is 5.35. The Kier molecular flexibility index (Phi) is 14.9. The van der Waals surface area contributed by atoms with Crippen LogP contribution in [-0.2, 0) is 35.1 Å². The maximum Gasteiger partial charge on any atom is 0.508 e. The molecule has 0 spiro atoms. The van der Waals surface area contributed by atoms with Crippen molar-refractivity contribution < 1.29 is 47.9 Å². The molecule has 0 amide bonds. The second-order valence-electron chi connectivity index (χ2n) is 12.6. The number of hydrogen-bond acceptors (Lipinski definition) is 13. The molecule has 1 saturated heterocycles. The summed E-state index contributed by atoms with van der Waals surface area (Å²) in [6.45, 7) is 4.20. The van der Waals surface area contributed by atoms with Gasteiger partial charge in [0.1, 0.15) is 36.4 Å². The molecule has 3 atom stereocenters. The van der Waals surface area contributed by atoms with Gasteiger partial charge in [0, 0.05) is 38.4 Å². The van der Waals surface area contributed by atoms with Gasteiger partial charge in [0.25, 0.3) is 5.09 Å². The summed E-state index contributed by atoms with van der Waals surface area (Å²) in [5, 5.41) is 13.5. The maximum absolute atomic E-state index is 12.7. The van der Waals surface area contributed by atoms with Crippen LogP contribution in [0.15, 0.2) is 42.5 Å². The summed E-state index contributed by atoms with van der Waals surface area (Å²) < 4.78 is 41.6. The molecule has 3 aliphatic rings. The van der Waals surface area contributed by atoms with Gasteiger partial charge < -0.3 is 48.2 Å². The van der Waals surface area contributed by atoms with Crippen molar-refractivity contribution in [2.75, 3.05) is 64.6 Å². The van der Waals surface area contributed by atoms with E-state index < -0.39 is 29.6 Å². The van der Waals surface area contributed by atoms with Crippen LogP contribution < -0.4 is 19.7 Å². The van der Waals surface area contributed by atoms with Crippen LogP contribution in [0.2, 0.25) is 5.02 Å². The fraction of sp³-hybridized carbons (Fsp3) is 0.629. The average Bonchev–Trinajstić information content (AvgIpc) is 3.11. The molecule has 0 radical (unpaired) electrons. The number of unbranched alkanes of at least 4 members (excludes halogenated alkanes) is 1. The van der Waals surface area contributed by atoms with E-state index in [1.165, 1.54) is 0 Å². The van der Waals surface area contributed by atoms with Crippen molar-refractivity contribution in [1.29, 1.82) is 0 Å². The molecule has 0 aromatic heterocycles. The summed E-state index contributed by atoms with van der Waals surface area (Å²) in [6, 6.07) is 13.5. The van der Waals surface area contributed by atoms with Crippen LogP contribution in [0, 0.1) is 10.1 Å². The topological polar surface area (TPSA) is 149 Å². The van der Waals surface area contributed by atoms with Gasteiger partial charge in [0.05, 0.1) is 44.3 Å². The molecular weight excluding hydrogens is 674 g/mol. The quantitative estimate of drug-likeness (QED) is 0.0913. The van der Waals surface area contributed by atoms with E-state index in [-0.39, 0.29) is 25.4 Å². The Morgan fingerprint density at radius 1 is 1.00 bits per heavy atom. The Hall–Kier alpha value is -3.56. The largest absolute Gasteiger partial charge is 0.508 e. The van der Waals surface area contributed by atoms with Crippen molar-refractivity contribution in [3.05, 3.63) is 63.2 Å². The van der Waals surface area contributed by atoms with Gasteiger partial charge >= 0.3 is 6.16 Å². The highest BCUT2D eigenvalue weighted by Gasteiger charge is 2.40. The first kappa shape index (κ1) is 37.7. The number of nitrogens with one attached hydrogen (secondary N) is 1. The zero-order valence-corrected chi connectivity index (χ0v) is 29.3. The molecule has 5 rings (SSSR count). The van der Waals surface area contributed by atoms with E-state index in [1.807, 2.05) is 36.4 Å². The Morgan fingerprint density at radius 3 is 2.54 bits per heavy atom. The standard InChI is InChI=1S/C35H48ClN3O11/c1-43-17-4-15-38-16-20-44-31-14-5-25(21-30(31)38)24-46-32-22-37-23-33(50-35(40)45-18-2-3-19-47-39(41)42)34(32)49-29-12-10-28(11-13-29)48-27-8-6-26(36)7-9-27/h5-9,14,21,28-29,32-34,37H,2-4,10-13,15-20,22-24H2,1H3. The third-order valence-corrected chi connectivity index (χ3v) is 9.19. The summed E-state index contributed by atoms with van der Waals surface area (Å²) in [5.74, 6) is 1.64. The number of hydrogen-bond donors (Lipinski definition) is 1. The highest BCUT2D eigenvalue weighted by Crippen LogP contribution is 2.34. The van der Waals surface area contributed by atoms with Gasteiger partial charge in [-0.1, -0.05) is 17.7 Å². The molecule has 15 heteroatoms. The van der Waals surface area contributed by atoms with Crippen molar-refractivity contribution in [2.45, 2.75) is 82.1 Å². The summed E-state index contributed by atoms with van der Waals surface area (Å²) in [5.41, 5.74) is 2.03.